The minimum atomic E-state index is -0.517. The Hall–Kier alpha value is -1.79. The Labute approximate surface area is 153 Å². The Morgan fingerprint density at radius 1 is 1.08 bits per heavy atom. The van der Waals surface area contributed by atoms with Crippen LogP contribution in [0, 0.1) is 0 Å². The molecule has 1 fully saturated rings. The van der Waals surface area contributed by atoms with Gasteiger partial charge < -0.3 is 19.3 Å². The van der Waals surface area contributed by atoms with Crippen LogP contribution in [0.15, 0.2) is 24.3 Å². The fourth-order valence-electron chi connectivity index (χ4n) is 2.42. The van der Waals surface area contributed by atoms with Crippen molar-refractivity contribution < 1.29 is 19.1 Å². The highest BCUT2D eigenvalue weighted by Gasteiger charge is 2.27. The number of nitrogens with zero attached hydrogens (tertiary/aromatic N) is 2. The number of carbonyl (C=O) groups excluding carboxylic acids is 2. The molecule has 0 saturated carbocycles. The van der Waals surface area contributed by atoms with Gasteiger partial charge in [-0.25, -0.2) is 4.79 Å². The van der Waals surface area contributed by atoms with Crippen LogP contribution in [-0.2, 0) is 20.9 Å². The standard InChI is InChI=1S/C18H25ClN2O4/c1-18(2,3)25-17(23)21-10-8-20(9-11-21)16(22)13-24-12-14-6-4-5-7-15(14)19/h4-7H,8-13H2,1-3H3. The lowest BCUT2D eigenvalue weighted by molar-refractivity contribution is -0.138. The summed E-state index contributed by atoms with van der Waals surface area (Å²) in [6, 6.07) is 7.38. The van der Waals surface area contributed by atoms with Gasteiger partial charge in [0.2, 0.25) is 5.91 Å². The van der Waals surface area contributed by atoms with Gasteiger partial charge in [-0.3, -0.25) is 4.79 Å². The van der Waals surface area contributed by atoms with Crippen molar-refractivity contribution in [2.24, 2.45) is 0 Å². The Morgan fingerprint density at radius 3 is 2.28 bits per heavy atom. The fourth-order valence-corrected chi connectivity index (χ4v) is 2.61. The quantitative estimate of drug-likeness (QED) is 0.819. The predicted molar refractivity (Wildman–Crippen MR) is 95.5 cm³/mol. The highest BCUT2D eigenvalue weighted by molar-refractivity contribution is 6.31. The van der Waals surface area contributed by atoms with Crippen LogP contribution in [0.1, 0.15) is 26.3 Å². The average molecular weight is 369 g/mol. The first-order chi connectivity index (χ1) is 11.8. The number of hydrogen-bond acceptors (Lipinski definition) is 4. The summed E-state index contributed by atoms with van der Waals surface area (Å²) in [7, 11) is 0. The summed E-state index contributed by atoms with van der Waals surface area (Å²) in [4.78, 5) is 27.6. The van der Waals surface area contributed by atoms with Gasteiger partial charge in [0.05, 0.1) is 6.61 Å². The van der Waals surface area contributed by atoms with E-state index in [4.69, 9.17) is 21.1 Å². The fraction of sp³-hybridized carbons (Fsp3) is 0.556. The molecule has 0 atom stereocenters. The molecule has 0 N–H and O–H groups in total. The number of piperazine rings is 1. The lowest BCUT2D eigenvalue weighted by atomic mass is 10.2. The minimum absolute atomic E-state index is 0.00232. The summed E-state index contributed by atoms with van der Waals surface area (Å²) in [5.74, 6) is -0.0871. The molecule has 0 bridgehead atoms. The third-order valence-corrected chi connectivity index (χ3v) is 4.09. The van der Waals surface area contributed by atoms with E-state index in [2.05, 4.69) is 0 Å². The Kier molecular flexibility index (Phi) is 6.67. The smallest absolute Gasteiger partial charge is 0.410 e. The second-order valence-corrected chi connectivity index (χ2v) is 7.34. The molecule has 0 unspecified atom stereocenters. The molecule has 1 aromatic carbocycles. The zero-order valence-electron chi connectivity index (χ0n) is 15.0. The Balaban J connectivity index is 1.72. The third-order valence-electron chi connectivity index (χ3n) is 3.73. The van der Waals surface area contributed by atoms with Gasteiger partial charge in [0, 0.05) is 31.2 Å². The molecule has 25 heavy (non-hydrogen) atoms. The van der Waals surface area contributed by atoms with E-state index in [0.717, 1.165) is 5.56 Å². The van der Waals surface area contributed by atoms with E-state index in [0.29, 0.717) is 37.8 Å². The number of rotatable bonds is 4. The van der Waals surface area contributed by atoms with Crippen LogP contribution in [0.25, 0.3) is 0 Å². The Morgan fingerprint density at radius 2 is 1.68 bits per heavy atom. The van der Waals surface area contributed by atoms with Crippen molar-refractivity contribution in [3.63, 3.8) is 0 Å². The van der Waals surface area contributed by atoms with Gasteiger partial charge in [-0.2, -0.15) is 0 Å². The monoisotopic (exact) mass is 368 g/mol. The summed E-state index contributed by atoms with van der Waals surface area (Å²) in [5.41, 5.74) is 0.336. The van der Waals surface area contributed by atoms with Crippen LogP contribution in [0.5, 0.6) is 0 Å². The molecule has 1 aromatic rings. The lowest BCUT2D eigenvalue weighted by Crippen LogP contribution is -2.52. The summed E-state index contributed by atoms with van der Waals surface area (Å²) < 4.78 is 10.8. The molecule has 1 aliphatic rings. The van der Waals surface area contributed by atoms with Gasteiger partial charge in [0.25, 0.3) is 0 Å². The highest BCUT2D eigenvalue weighted by Crippen LogP contribution is 2.16. The molecule has 0 radical (unpaired) electrons. The maximum Gasteiger partial charge on any atom is 0.410 e. The normalized spacial score (nSPS) is 15.2. The molecule has 1 heterocycles. The maximum absolute atomic E-state index is 12.2. The summed E-state index contributed by atoms with van der Waals surface area (Å²) in [6.45, 7) is 7.68. The van der Waals surface area contributed by atoms with E-state index in [1.54, 1.807) is 15.9 Å². The van der Waals surface area contributed by atoms with Crippen LogP contribution >= 0.6 is 11.6 Å². The molecule has 2 amide bonds. The molecular weight excluding hydrogens is 344 g/mol. The first-order valence-electron chi connectivity index (χ1n) is 8.33. The van der Waals surface area contributed by atoms with E-state index in [1.165, 1.54) is 0 Å². The van der Waals surface area contributed by atoms with Gasteiger partial charge >= 0.3 is 6.09 Å². The molecule has 138 valence electrons. The molecule has 0 aromatic heterocycles. The van der Waals surface area contributed by atoms with Crippen molar-refractivity contribution in [3.8, 4) is 0 Å². The minimum Gasteiger partial charge on any atom is -0.444 e. The van der Waals surface area contributed by atoms with Crippen LogP contribution < -0.4 is 0 Å². The van der Waals surface area contributed by atoms with E-state index in [1.807, 2.05) is 39.0 Å². The number of amides is 2. The molecular formula is C18H25ClN2O4. The van der Waals surface area contributed by atoms with Crippen molar-refractivity contribution in [1.29, 1.82) is 0 Å². The van der Waals surface area contributed by atoms with E-state index in [9.17, 15) is 9.59 Å². The first kappa shape index (κ1) is 19.5. The van der Waals surface area contributed by atoms with Gasteiger partial charge in [0.1, 0.15) is 12.2 Å². The number of benzene rings is 1. The van der Waals surface area contributed by atoms with Crippen LogP contribution in [0.4, 0.5) is 4.79 Å². The number of carbonyl (C=O) groups is 2. The molecule has 6 nitrogen and oxygen atoms in total. The number of hydrogen-bond donors (Lipinski definition) is 0. The molecule has 1 saturated heterocycles. The van der Waals surface area contributed by atoms with Gasteiger partial charge in [-0.1, -0.05) is 29.8 Å². The largest absolute Gasteiger partial charge is 0.444 e. The average Bonchev–Trinajstić information content (AvgIpc) is 2.55. The van der Waals surface area contributed by atoms with Crippen molar-refractivity contribution in [3.05, 3.63) is 34.9 Å². The zero-order valence-corrected chi connectivity index (χ0v) is 15.7. The molecule has 1 aliphatic heterocycles. The van der Waals surface area contributed by atoms with Gasteiger partial charge in [-0.05, 0) is 32.4 Å². The summed E-state index contributed by atoms with van der Waals surface area (Å²) in [5, 5.41) is 0.626. The van der Waals surface area contributed by atoms with Crippen molar-refractivity contribution in [2.45, 2.75) is 33.0 Å². The molecule has 2 rings (SSSR count). The Bertz CT molecular complexity index is 607. The van der Waals surface area contributed by atoms with Crippen LogP contribution in [-0.4, -0.2) is 60.2 Å². The second kappa shape index (κ2) is 8.54. The van der Waals surface area contributed by atoms with Crippen molar-refractivity contribution in [1.82, 2.24) is 9.80 Å². The summed E-state index contributed by atoms with van der Waals surface area (Å²) in [6.07, 6.45) is -0.338. The van der Waals surface area contributed by atoms with Crippen LogP contribution in [0.2, 0.25) is 5.02 Å². The van der Waals surface area contributed by atoms with Gasteiger partial charge in [0.15, 0.2) is 0 Å². The third kappa shape index (κ3) is 6.21. The van der Waals surface area contributed by atoms with E-state index in [-0.39, 0.29) is 18.6 Å². The number of halogens is 1. The SMILES string of the molecule is CC(C)(C)OC(=O)N1CCN(C(=O)COCc2ccccc2Cl)CC1. The molecule has 0 spiro atoms. The maximum atomic E-state index is 12.2. The van der Waals surface area contributed by atoms with E-state index < -0.39 is 5.60 Å². The van der Waals surface area contributed by atoms with Gasteiger partial charge in [-0.15, -0.1) is 0 Å². The predicted octanol–water partition coefficient (Wildman–Crippen LogP) is 2.94. The number of ether oxygens (including phenoxy) is 2. The van der Waals surface area contributed by atoms with E-state index >= 15 is 0 Å². The first-order valence-corrected chi connectivity index (χ1v) is 8.71. The summed E-state index contributed by atoms with van der Waals surface area (Å²) >= 11 is 6.06. The molecule has 7 heteroatoms. The van der Waals surface area contributed by atoms with Crippen molar-refractivity contribution in [2.75, 3.05) is 32.8 Å². The highest BCUT2D eigenvalue weighted by atomic mass is 35.5. The zero-order chi connectivity index (χ0) is 18.4. The molecule has 0 aliphatic carbocycles. The van der Waals surface area contributed by atoms with Crippen molar-refractivity contribution >= 4 is 23.6 Å². The topological polar surface area (TPSA) is 59.1 Å². The lowest BCUT2D eigenvalue weighted by Gasteiger charge is -2.35. The second-order valence-electron chi connectivity index (χ2n) is 6.93. The van der Waals surface area contributed by atoms with Crippen LogP contribution in [0.3, 0.4) is 0 Å².